The molecule has 0 aromatic carbocycles. The van der Waals surface area contributed by atoms with Crippen LogP contribution in [-0.4, -0.2) is 96.7 Å². The van der Waals surface area contributed by atoms with Crippen LogP contribution in [0.4, 0.5) is 0 Å². The fourth-order valence-corrected chi connectivity index (χ4v) is 12.9. The lowest BCUT2D eigenvalue weighted by atomic mass is 10.00. The Morgan fingerprint density at radius 1 is 0.301 bits per heavy atom. The summed E-state index contributed by atoms with van der Waals surface area (Å²) in [5, 5.41) is 10.6. The van der Waals surface area contributed by atoms with Gasteiger partial charge in [0.15, 0.2) is 12.2 Å². The van der Waals surface area contributed by atoms with E-state index in [1.807, 2.05) is 0 Å². The second kappa shape index (κ2) is 67.3. The predicted octanol–water partition coefficient (Wildman–Crippen LogP) is 21.7. The van der Waals surface area contributed by atoms with Crippen LogP contribution >= 0.6 is 15.6 Å². The van der Waals surface area contributed by atoms with Gasteiger partial charge in [-0.05, 0) is 31.6 Å². The van der Waals surface area contributed by atoms with Crippen molar-refractivity contribution in [2.75, 3.05) is 39.6 Å². The zero-order valence-electron chi connectivity index (χ0n) is 60.4. The lowest BCUT2D eigenvalue weighted by Crippen LogP contribution is -2.30. The summed E-state index contributed by atoms with van der Waals surface area (Å²) in [6.07, 6.45) is 55.6. The van der Waals surface area contributed by atoms with Crippen LogP contribution in [0, 0.1) is 5.92 Å². The fourth-order valence-electron chi connectivity index (χ4n) is 11.3. The molecule has 0 bridgehead atoms. The molecule has 0 amide bonds. The van der Waals surface area contributed by atoms with Gasteiger partial charge in [0.05, 0.1) is 26.4 Å². The fraction of sp³-hybridized carbons (Fsp3) is 0.946. The smallest absolute Gasteiger partial charge is 0.462 e. The Balaban J connectivity index is 5.20. The van der Waals surface area contributed by atoms with Crippen LogP contribution in [0.1, 0.15) is 388 Å². The summed E-state index contributed by atoms with van der Waals surface area (Å²) in [5.74, 6) is -1.40. The monoisotopic (exact) mass is 1370 g/mol. The molecular weight excluding hydrogens is 1220 g/mol. The minimum Gasteiger partial charge on any atom is -0.462 e. The normalized spacial score (nSPS) is 14.3. The molecule has 0 aliphatic rings. The van der Waals surface area contributed by atoms with Crippen molar-refractivity contribution < 1.29 is 80.2 Å². The Hall–Kier alpha value is -1.94. The minimum atomic E-state index is -4.95. The Morgan fingerprint density at radius 3 is 0.763 bits per heavy atom. The zero-order chi connectivity index (χ0) is 68.4. The van der Waals surface area contributed by atoms with Crippen molar-refractivity contribution in [3.8, 4) is 0 Å². The number of ether oxygens (including phenoxy) is 4. The summed E-state index contributed by atoms with van der Waals surface area (Å²) in [6.45, 7) is 7.22. The summed E-state index contributed by atoms with van der Waals surface area (Å²) >= 11 is 0. The number of rotatable bonds is 74. The zero-order valence-corrected chi connectivity index (χ0v) is 62.2. The molecule has 93 heavy (non-hydrogen) atoms. The lowest BCUT2D eigenvalue weighted by molar-refractivity contribution is -0.161. The number of carbonyl (C=O) groups excluding carboxylic acids is 4. The highest BCUT2D eigenvalue weighted by Gasteiger charge is 2.30. The van der Waals surface area contributed by atoms with Gasteiger partial charge in [0.25, 0.3) is 0 Å². The Labute approximate surface area is 568 Å². The number of esters is 4. The summed E-state index contributed by atoms with van der Waals surface area (Å²) in [4.78, 5) is 72.6. The molecule has 0 fully saturated rings. The molecule has 0 aromatic rings. The van der Waals surface area contributed by atoms with E-state index in [0.29, 0.717) is 25.7 Å². The van der Waals surface area contributed by atoms with Crippen LogP contribution in [0.2, 0.25) is 0 Å². The molecule has 3 unspecified atom stereocenters. The first-order valence-corrected chi connectivity index (χ1v) is 41.7. The van der Waals surface area contributed by atoms with Gasteiger partial charge in [-0.3, -0.25) is 37.3 Å². The van der Waals surface area contributed by atoms with E-state index in [2.05, 4.69) is 34.6 Å². The molecule has 3 N–H and O–H groups in total. The summed E-state index contributed by atoms with van der Waals surface area (Å²) in [7, 11) is -9.90. The molecule has 0 aliphatic carbocycles. The van der Waals surface area contributed by atoms with Crippen LogP contribution in [0.5, 0.6) is 0 Å². The van der Waals surface area contributed by atoms with Crippen LogP contribution in [0.15, 0.2) is 0 Å². The molecule has 0 rings (SSSR count). The first-order valence-electron chi connectivity index (χ1n) is 38.7. The molecule has 17 nitrogen and oxygen atoms in total. The highest BCUT2D eigenvalue weighted by atomic mass is 31.2. The minimum absolute atomic E-state index is 0.104. The van der Waals surface area contributed by atoms with E-state index in [-0.39, 0.29) is 25.7 Å². The number of phosphoric ester groups is 2. The standard InChI is InChI=1S/C74H144O17P2/c1-6-10-13-16-19-22-25-27-28-29-30-31-32-33-35-37-40-43-49-54-59-73(78)90-69(63-84-72(77)58-53-48-42-39-36-34-26-23-20-17-14-11-7-2)65-88-92(80,81)86-61-68(75)62-87-93(82,83)89-66-70(91-74(79)60-55-50-45-44-46-51-56-67(5)9-4)64-85-71(76)57-52-47-41-38-24-21-18-15-12-8-3/h67-70,75H,6-66H2,1-5H3,(H,80,81)(H,82,83)/t67?,68-,69-,70-/m1/s1. The Morgan fingerprint density at radius 2 is 0.516 bits per heavy atom. The van der Waals surface area contributed by atoms with Crippen LogP contribution in [0.3, 0.4) is 0 Å². The number of carbonyl (C=O) groups is 4. The SMILES string of the molecule is CCCCCCCCCCCCCCCCCCCCCCC(=O)O[C@H](COC(=O)CCCCCCCCCCCCCCC)COP(=O)(O)OC[C@@H](O)COP(=O)(O)OC[C@@H](COC(=O)CCCCCCCCCCCC)OC(=O)CCCCCCCCC(C)CC. The molecule has 0 heterocycles. The molecule has 0 aromatic heterocycles. The molecular formula is C74H144O17P2. The first-order chi connectivity index (χ1) is 45.1. The van der Waals surface area contributed by atoms with Gasteiger partial charge in [0.2, 0.25) is 0 Å². The van der Waals surface area contributed by atoms with E-state index in [4.69, 9.17) is 37.0 Å². The maximum absolute atomic E-state index is 13.1. The lowest BCUT2D eigenvalue weighted by Gasteiger charge is -2.21. The third kappa shape index (κ3) is 67.0. The number of aliphatic hydroxyl groups is 1. The quantitative estimate of drug-likeness (QED) is 0.0222. The molecule has 552 valence electrons. The highest BCUT2D eigenvalue weighted by Crippen LogP contribution is 2.45. The van der Waals surface area contributed by atoms with Crippen molar-refractivity contribution in [3.05, 3.63) is 0 Å². The van der Waals surface area contributed by atoms with E-state index >= 15 is 0 Å². The van der Waals surface area contributed by atoms with Gasteiger partial charge >= 0.3 is 39.5 Å². The van der Waals surface area contributed by atoms with Gasteiger partial charge in [-0.25, -0.2) is 9.13 Å². The average Bonchev–Trinajstić information content (AvgIpc) is 1.71. The number of hydrogen-bond donors (Lipinski definition) is 3. The topological polar surface area (TPSA) is 237 Å². The number of aliphatic hydroxyl groups excluding tert-OH is 1. The second-order valence-corrected chi connectivity index (χ2v) is 29.8. The average molecular weight is 1370 g/mol. The molecule has 0 radical (unpaired) electrons. The maximum Gasteiger partial charge on any atom is 0.472 e. The molecule has 0 saturated heterocycles. The largest absolute Gasteiger partial charge is 0.472 e. The maximum atomic E-state index is 13.1. The van der Waals surface area contributed by atoms with Gasteiger partial charge in [0.1, 0.15) is 19.3 Å². The van der Waals surface area contributed by atoms with Gasteiger partial charge < -0.3 is 33.8 Å². The Bertz CT molecular complexity index is 1790. The third-order valence-corrected chi connectivity index (χ3v) is 19.5. The van der Waals surface area contributed by atoms with Gasteiger partial charge in [-0.2, -0.15) is 0 Å². The molecule has 0 spiro atoms. The van der Waals surface area contributed by atoms with E-state index in [1.54, 1.807) is 0 Å². The van der Waals surface area contributed by atoms with Crippen LogP contribution in [-0.2, 0) is 65.4 Å². The first kappa shape index (κ1) is 91.1. The second-order valence-electron chi connectivity index (χ2n) is 26.9. The van der Waals surface area contributed by atoms with Crippen molar-refractivity contribution in [1.29, 1.82) is 0 Å². The molecule has 6 atom stereocenters. The highest BCUT2D eigenvalue weighted by molar-refractivity contribution is 7.47. The molecule has 19 heteroatoms. The number of hydrogen-bond acceptors (Lipinski definition) is 15. The van der Waals surface area contributed by atoms with Crippen molar-refractivity contribution in [3.63, 3.8) is 0 Å². The van der Waals surface area contributed by atoms with Crippen LogP contribution in [0.25, 0.3) is 0 Å². The van der Waals surface area contributed by atoms with Crippen molar-refractivity contribution in [2.45, 2.75) is 406 Å². The third-order valence-electron chi connectivity index (χ3n) is 17.6. The summed E-state index contributed by atoms with van der Waals surface area (Å²) in [6, 6.07) is 0. The van der Waals surface area contributed by atoms with E-state index in [9.17, 15) is 43.2 Å². The number of phosphoric acid groups is 2. The summed E-state index contributed by atoms with van der Waals surface area (Å²) in [5.41, 5.74) is 0. The van der Waals surface area contributed by atoms with E-state index in [1.165, 1.54) is 212 Å². The van der Waals surface area contributed by atoms with Crippen molar-refractivity contribution >= 4 is 39.5 Å². The van der Waals surface area contributed by atoms with E-state index < -0.39 is 97.5 Å². The summed E-state index contributed by atoms with van der Waals surface area (Å²) < 4.78 is 68.4. The molecule has 0 aliphatic heterocycles. The van der Waals surface area contributed by atoms with Crippen LogP contribution < -0.4 is 0 Å². The van der Waals surface area contributed by atoms with Gasteiger partial charge in [-0.1, -0.05) is 336 Å². The van der Waals surface area contributed by atoms with Crippen molar-refractivity contribution in [1.82, 2.24) is 0 Å². The van der Waals surface area contributed by atoms with Crippen molar-refractivity contribution in [2.24, 2.45) is 5.92 Å². The number of unbranched alkanes of at least 4 members (excludes halogenated alkanes) is 45. The molecule has 0 saturated carbocycles. The Kier molecular flexibility index (Phi) is 65.9. The van der Waals surface area contributed by atoms with E-state index in [0.717, 1.165) is 95.8 Å². The van der Waals surface area contributed by atoms with Gasteiger partial charge in [-0.15, -0.1) is 0 Å². The van der Waals surface area contributed by atoms with Gasteiger partial charge in [0, 0.05) is 25.7 Å². The predicted molar refractivity (Wildman–Crippen MR) is 377 cm³/mol.